The zero-order chi connectivity index (χ0) is 16.2. The molecule has 0 unspecified atom stereocenters. The standard InChI is InChI=1S/2C6H5FO.C6H5.CH3.Zr/c2*7-5-1-3-6(8)4-2-5;1-2-4-6-5-3-1;;/h2*1-4,8H;1-5H;1H3;/q;;2*-1;+2. The van der Waals surface area contributed by atoms with E-state index >= 15 is 0 Å². The SMILES string of the molecule is Oc1ccc(F)cc1.Oc1ccc(F)cc1.[CH3-].[Zr+2].[c-]1ccccc1. The van der Waals surface area contributed by atoms with Crippen molar-refractivity contribution in [2.24, 2.45) is 0 Å². The smallest absolute Gasteiger partial charge is 0.508 e. The van der Waals surface area contributed by atoms with Gasteiger partial charge < -0.3 is 17.6 Å². The number of halogens is 2. The van der Waals surface area contributed by atoms with Crippen LogP contribution in [0.2, 0.25) is 0 Å². The Morgan fingerprint density at radius 1 is 0.625 bits per heavy atom. The topological polar surface area (TPSA) is 40.5 Å². The third-order valence-electron chi connectivity index (χ3n) is 2.26. The summed E-state index contributed by atoms with van der Waals surface area (Å²) in [6, 6.07) is 22.5. The van der Waals surface area contributed by atoms with Crippen LogP contribution in [0.1, 0.15) is 0 Å². The number of hydrogen-bond acceptors (Lipinski definition) is 2. The molecule has 0 saturated heterocycles. The molecule has 3 aromatic rings. The molecule has 0 heterocycles. The predicted molar refractivity (Wildman–Crippen MR) is 87.8 cm³/mol. The van der Waals surface area contributed by atoms with Gasteiger partial charge in [-0.25, -0.2) is 8.78 Å². The van der Waals surface area contributed by atoms with Gasteiger partial charge in [-0.15, -0.1) is 0 Å². The van der Waals surface area contributed by atoms with Gasteiger partial charge in [-0.3, -0.25) is 0 Å². The Bertz CT molecular complexity index is 518. The molecule has 0 aliphatic rings. The van der Waals surface area contributed by atoms with Crippen molar-refractivity contribution in [3.05, 3.63) is 104 Å². The maximum absolute atomic E-state index is 12.0. The van der Waals surface area contributed by atoms with Crippen molar-refractivity contribution in [3.8, 4) is 11.5 Å². The number of benzene rings is 3. The molecule has 0 radical (unpaired) electrons. The third-order valence-corrected chi connectivity index (χ3v) is 2.26. The summed E-state index contributed by atoms with van der Waals surface area (Å²) >= 11 is 0. The van der Waals surface area contributed by atoms with Crippen LogP contribution in [-0.4, -0.2) is 10.2 Å². The Morgan fingerprint density at radius 2 is 0.958 bits per heavy atom. The minimum Gasteiger partial charge on any atom is -0.508 e. The molecule has 2 N–H and O–H groups in total. The summed E-state index contributed by atoms with van der Waals surface area (Å²) in [5, 5.41) is 17.2. The summed E-state index contributed by atoms with van der Waals surface area (Å²) in [4.78, 5) is 0. The van der Waals surface area contributed by atoms with Crippen molar-refractivity contribution < 1.29 is 45.2 Å². The Kier molecular flexibility index (Phi) is 14.7. The molecular formula is C19H18F2O2Zr. The largest absolute Gasteiger partial charge is 2.00 e. The summed E-state index contributed by atoms with van der Waals surface area (Å²) in [7, 11) is 0. The van der Waals surface area contributed by atoms with E-state index in [0.29, 0.717) is 0 Å². The van der Waals surface area contributed by atoms with Crippen LogP contribution in [-0.2, 0) is 26.2 Å². The van der Waals surface area contributed by atoms with E-state index in [4.69, 9.17) is 10.2 Å². The first-order valence-corrected chi connectivity index (χ1v) is 6.38. The van der Waals surface area contributed by atoms with Crippen molar-refractivity contribution in [3.63, 3.8) is 0 Å². The summed E-state index contributed by atoms with van der Waals surface area (Å²) in [5.74, 6) is -0.483. The van der Waals surface area contributed by atoms with Gasteiger partial charge in [0.05, 0.1) is 0 Å². The second-order valence-corrected chi connectivity index (χ2v) is 4.03. The molecule has 2 nitrogen and oxygen atoms in total. The Labute approximate surface area is 160 Å². The molecule has 3 aromatic carbocycles. The molecule has 0 atom stereocenters. The van der Waals surface area contributed by atoms with Crippen LogP contribution in [0.15, 0.2) is 78.9 Å². The van der Waals surface area contributed by atoms with Crippen molar-refractivity contribution in [1.82, 2.24) is 0 Å². The van der Waals surface area contributed by atoms with Gasteiger partial charge in [0.15, 0.2) is 0 Å². The van der Waals surface area contributed by atoms with E-state index in [1.54, 1.807) is 0 Å². The quantitative estimate of drug-likeness (QED) is 0.515. The zero-order valence-corrected chi connectivity index (χ0v) is 15.6. The first-order chi connectivity index (χ1) is 10.6. The van der Waals surface area contributed by atoms with Crippen molar-refractivity contribution in [1.29, 1.82) is 0 Å². The van der Waals surface area contributed by atoms with Crippen LogP contribution >= 0.6 is 0 Å². The van der Waals surface area contributed by atoms with E-state index < -0.39 is 0 Å². The van der Waals surface area contributed by atoms with Gasteiger partial charge in [0.25, 0.3) is 0 Å². The van der Waals surface area contributed by atoms with Crippen LogP contribution in [0.5, 0.6) is 11.5 Å². The van der Waals surface area contributed by atoms with Gasteiger partial charge >= 0.3 is 26.2 Å². The first-order valence-electron chi connectivity index (χ1n) is 6.38. The van der Waals surface area contributed by atoms with Crippen molar-refractivity contribution in [2.75, 3.05) is 0 Å². The molecule has 0 aliphatic carbocycles. The summed E-state index contributed by atoms with van der Waals surface area (Å²) in [6.45, 7) is 0. The van der Waals surface area contributed by atoms with Gasteiger partial charge in [0.2, 0.25) is 0 Å². The minimum absolute atomic E-state index is 0. The van der Waals surface area contributed by atoms with Gasteiger partial charge in [-0.1, -0.05) is 0 Å². The Balaban J connectivity index is 0. The Morgan fingerprint density at radius 3 is 1.12 bits per heavy atom. The molecule has 5 heteroatoms. The molecule has 0 saturated carbocycles. The molecule has 0 fully saturated rings. The second-order valence-electron chi connectivity index (χ2n) is 4.03. The van der Waals surface area contributed by atoms with Crippen LogP contribution in [0.25, 0.3) is 0 Å². The Hall–Kier alpha value is -2.00. The first kappa shape index (κ1) is 24.3. The zero-order valence-electron chi connectivity index (χ0n) is 13.2. The molecule has 3 rings (SSSR count). The molecule has 124 valence electrons. The van der Waals surface area contributed by atoms with Gasteiger partial charge in [-0.05, 0) is 48.5 Å². The molecule has 0 aromatic heterocycles. The van der Waals surface area contributed by atoms with Crippen molar-refractivity contribution in [2.45, 2.75) is 0 Å². The maximum Gasteiger partial charge on any atom is 2.00 e. The normalized spacial score (nSPS) is 8.08. The number of phenolic OH excluding ortho intramolecular Hbond substituents is 2. The van der Waals surface area contributed by atoms with Gasteiger partial charge in [0.1, 0.15) is 23.1 Å². The van der Waals surface area contributed by atoms with Gasteiger partial charge in [-0.2, -0.15) is 36.4 Å². The van der Waals surface area contributed by atoms with E-state index in [9.17, 15) is 8.78 Å². The summed E-state index contributed by atoms with van der Waals surface area (Å²) < 4.78 is 24.0. The monoisotopic (exact) mass is 406 g/mol. The van der Waals surface area contributed by atoms with Crippen LogP contribution < -0.4 is 0 Å². The fourth-order valence-electron chi connectivity index (χ4n) is 1.22. The van der Waals surface area contributed by atoms with E-state index in [1.165, 1.54) is 48.5 Å². The number of hydrogen-bond donors (Lipinski definition) is 2. The van der Waals surface area contributed by atoms with E-state index in [1.807, 2.05) is 30.3 Å². The fraction of sp³-hybridized carbons (Fsp3) is 0. The molecule has 0 amide bonds. The fourth-order valence-corrected chi connectivity index (χ4v) is 1.22. The van der Waals surface area contributed by atoms with E-state index in [0.717, 1.165) is 0 Å². The second kappa shape index (κ2) is 14.6. The molecule has 0 spiro atoms. The molecule has 24 heavy (non-hydrogen) atoms. The van der Waals surface area contributed by atoms with E-state index in [2.05, 4.69) is 6.07 Å². The van der Waals surface area contributed by atoms with Crippen LogP contribution in [0, 0.1) is 25.1 Å². The maximum atomic E-state index is 12.0. The number of phenols is 2. The van der Waals surface area contributed by atoms with Crippen LogP contribution in [0.3, 0.4) is 0 Å². The molecular weight excluding hydrogens is 389 g/mol. The number of aromatic hydroxyl groups is 2. The van der Waals surface area contributed by atoms with E-state index in [-0.39, 0.29) is 56.8 Å². The van der Waals surface area contributed by atoms with Crippen molar-refractivity contribution >= 4 is 0 Å². The molecule has 0 bridgehead atoms. The average molecular weight is 408 g/mol. The summed E-state index contributed by atoms with van der Waals surface area (Å²) in [6.07, 6.45) is 0. The molecule has 0 aliphatic heterocycles. The average Bonchev–Trinajstić information content (AvgIpc) is 2.56. The van der Waals surface area contributed by atoms with Crippen LogP contribution in [0.4, 0.5) is 8.78 Å². The minimum atomic E-state index is -0.331. The predicted octanol–water partition coefficient (Wildman–Crippen LogP) is 5.00. The summed E-state index contributed by atoms with van der Waals surface area (Å²) in [5.41, 5.74) is 0. The third kappa shape index (κ3) is 12.5. The number of rotatable bonds is 0. The van der Waals surface area contributed by atoms with Gasteiger partial charge in [0, 0.05) is 0 Å².